The van der Waals surface area contributed by atoms with Crippen LogP contribution in [0.5, 0.6) is 5.75 Å². The number of carbonyl (C=O) groups is 1. The molecular formula is C22H25FN2O3. The van der Waals surface area contributed by atoms with Gasteiger partial charge in [-0.25, -0.2) is 4.39 Å². The maximum absolute atomic E-state index is 13.9. The molecule has 28 heavy (non-hydrogen) atoms. The number of fused-ring (bicyclic) bond motifs is 1. The van der Waals surface area contributed by atoms with E-state index < -0.39 is 6.10 Å². The number of amides is 1. The monoisotopic (exact) mass is 384 g/mol. The van der Waals surface area contributed by atoms with Crippen molar-refractivity contribution < 1.29 is 19.0 Å². The average Bonchev–Trinajstić information content (AvgIpc) is 3.52. The maximum Gasteiger partial charge on any atom is 0.224 e. The van der Waals surface area contributed by atoms with Gasteiger partial charge in [0.2, 0.25) is 5.91 Å². The molecule has 1 amide bonds. The minimum absolute atomic E-state index is 0.0948. The van der Waals surface area contributed by atoms with Gasteiger partial charge in [0, 0.05) is 37.8 Å². The Kier molecular flexibility index (Phi) is 5.48. The summed E-state index contributed by atoms with van der Waals surface area (Å²) in [5, 5.41) is 10.5. The Hall–Kier alpha value is -2.60. The van der Waals surface area contributed by atoms with Crippen LogP contribution in [0.15, 0.2) is 48.5 Å². The molecule has 0 radical (unpaired) electrons. The molecule has 1 aliphatic carbocycles. The molecule has 2 aromatic rings. The number of rotatable bonds is 6. The lowest BCUT2D eigenvalue weighted by Crippen LogP contribution is -2.42. The molecule has 1 fully saturated rings. The highest BCUT2D eigenvalue weighted by Crippen LogP contribution is 2.33. The van der Waals surface area contributed by atoms with E-state index >= 15 is 0 Å². The van der Waals surface area contributed by atoms with Crippen molar-refractivity contribution in [3.05, 3.63) is 59.9 Å². The molecule has 2 aromatic carbocycles. The molecule has 1 saturated carbocycles. The van der Waals surface area contributed by atoms with Gasteiger partial charge in [-0.2, -0.15) is 0 Å². The zero-order valence-corrected chi connectivity index (χ0v) is 15.8. The molecule has 0 spiro atoms. The summed E-state index contributed by atoms with van der Waals surface area (Å²) in [7, 11) is 0. The van der Waals surface area contributed by atoms with Crippen molar-refractivity contribution >= 4 is 11.6 Å². The summed E-state index contributed by atoms with van der Waals surface area (Å²) in [4.78, 5) is 16.5. The number of β-amino-alcohol motifs (C(OH)–C–C–N with tert-alkyl or cyclic N) is 1. The summed E-state index contributed by atoms with van der Waals surface area (Å²) in [5.74, 6) is 0.486. The van der Waals surface area contributed by atoms with E-state index in [1.807, 2.05) is 40.1 Å². The Morgan fingerprint density at radius 2 is 1.96 bits per heavy atom. The number of anilines is 1. The quantitative estimate of drug-likeness (QED) is 0.832. The predicted octanol–water partition coefficient (Wildman–Crippen LogP) is 2.97. The van der Waals surface area contributed by atoms with Crippen molar-refractivity contribution in [2.75, 3.05) is 24.6 Å². The van der Waals surface area contributed by atoms with E-state index in [4.69, 9.17) is 4.74 Å². The van der Waals surface area contributed by atoms with Crippen molar-refractivity contribution in [2.45, 2.75) is 38.0 Å². The third-order valence-corrected chi connectivity index (χ3v) is 5.24. The number of ether oxygens (including phenoxy) is 1. The summed E-state index contributed by atoms with van der Waals surface area (Å²) in [5.41, 5.74) is 1.66. The summed E-state index contributed by atoms with van der Waals surface area (Å²) >= 11 is 0. The molecule has 1 unspecified atom stereocenters. The van der Waals surface area contributed by atoms with Crippen molar-refractivity contribution in [1.82, 2.24) is 4.90 Å². The summed E-state index contributed by atoms with van der Waals surface area (Å²) in [6.45, 7) is 1.38. The molecule has 1 aliphatic heterocycles. The number of halogens is 1. The molecule has 1 heterocycles. The highest BCUT2D eigenvalue weighted by molar-refractivity contribution is 5.78. The second kappa shape index (κ2) is 8.19. The van der Waals surface area contributed by atoms with Crippen LogP contribution in [0, 0.1) is 5.82 Å². The van der Waals surface area contributed by atoms with E-state index in [9.17, 15) is 14.3 Å². The van der Waals surface area contributed by atoms with Crippen LogP contribution in [0.4, 0.5) is 10.1 Å². The van der Waals surface area contributed by atoms with E-state index in [1.165, 1.54) is 12.1 Å². The predicted molar refractivity (Wildman–Crippen MR) is 105 cm³/mol. The lowest BCUT2D eigenvalue weighted by atomic mass is 10.1. The van der Waals surface area contributed by atoms with Crippen LogP contribution < -0.4 is 9.64 Å². The van der Waals surface area contributed by atoms with Crippen molar-refractivity contribution in [2.24, 2.45) is 0 Å². The molecule has 1 N–H and O–H groups in total. The Bertz CT molecular complexity index is 826. The standard InChI is InChI=1S/C22H25FN2O3/c23-17-6-9-21-16(12-17)13-25(18-7-8-18)22(27)10-11-24(21)14-19(26)15-28-20-4-2-1-3-5-20/h1-6,9,12,18-19,26H,7-8,10-11,13-15H2. The highest BCUT2D eigenvalue weighted by Gasteiger charge is 2.34. The molecule has 5 nitrogen and oxygen atoms in total. The number of aliphatic hydroxyl groups is 1. The highest BCUT2D eigenvalue weighted by atomic mass is 19.1. The number of nitrogens with zero attached hydrogens (tertiary/aromatic N) is 2. The Morgan fingerprint density at radius 3 is 2.71 bits per heavy atom. The van der Waals surface area contributed by atoms with Gasteiger partial charge >= 0.3 is 0 Å². The van der Waals surface area contributed by atoms with Gasteiger partial charge in [-0.05, 0) is 48.7 Å². The first kappa shape index (κ1) is 18.7. The number of hydrogen-bond donors (Lipinski definition) is 1. The fourth-order valence-electron chi connectivity index (χ4n) is 3.68. The maximum atomic E-state index is 13.9. The Balaban J connectivity index is 1.48. The Labute approximate surface area is 164 Å². The summed E-state index contributed by atoms with van der Waals surface area (Å²) in [6.07, 6.45) is 1.71. The van der Waals surface area contributed by atoms with Gasteiger partial charge in [0.1, 0.15) is 24.3 Å². The van der Waals surface area contributed by atoms with Crippen LogP contribution in [-0.4, -0.2) is 47.8 Å². The van der Waals surface area contributed by atoms with E-state index in [-0.39, 0.29) is 18.3 Å². The minimum atomic E-state index is -0.729. The molecule has 1 atom stereocenters. The van der Waals surface area contributed by atoms with Crippen LogP contribution in [0.25, 0.3) is 0 Å². The van der Waals surface area contributed by atoms with Gasteiger partial charge in [-0.15, -0.1) is 0 Å². The molecule has 4 rings (SSSR count). The lowest BCUT2D eigenvalue weighted by Gasteiger charge is -2.34. The molecule has 2 aliphatic rings. The number of para-hydroxylation sites is 1. The SMILES string of the molecule is O=C1CCN(CC(O)COc2ccccc2)c2ccc(F)cc2CN1C1CC1. The van der Waals surface area contributed by atoms with Crippen molar-refractivity contribution in [3.8, 4) is 5.75 Å². The van der Waals surface area contributed by atoms with Crippen molar-refractivity contribution in [3.63, 3.8) is 0 Å². The van der Waals surface area contributed by atoms with Crippen LogP contribution in [0.2, 0.25) is 0 Å². The minimum Gasteiger partial charge on any atom is -0.491 e. The first-order valence-electron chi connectivity index (χ1n) is 9.79. The van der Waals surface area contributed by atoms with Crippen LogP contribution in [0.3, 0.4) is 0 Å². The third kappa shape index (κ3) is 4.44. The van der Waals surface area contributed by atoms with Gasteiger partial charge in [-0.1, -0.05) is 18.2 Å². The van der Waals surface area contributed by atoms with E-state index in [0.29, 0.717) is 37.8 Å². The molecule has 148 valence electrons. The van der Waals surface area contributed by atoms with Crippen molar-refractivity contribution in [1.29, 1.82) is 0 Å². The second-order valence-corrected chi connectivity index (χ2v) is 7.50. The van der Waals surface area contributed by atoms with E-state index in [0.717, 1.165) is 24.1 Å². The van der Waals surface area contributed by atoms with Crippen LogP contribution >= 0.6 is 0 Å². The average molecular weight is 384 g/mol. The largest absolute Gasteiger partial charge is 0.491 e. The third-order valence-electron chi connectivity index (χ3n) is 5.24. The Morgan fingerprint density at radius 1 is 1.18 bits per heavy atom. The van der Waals surface area contributed by atoms with Gasteiger partial charge < -0.3 is 19.6 Å². The fourth-order valence-corrected chi connectivity index (χ4v) is 3.68. The second-order valence-electron chi connectivity index (χ2n) is 7.50. The normalized spacial score (nSPS) is 18.3. The summed E-state index contributed by atoms with van der Waals surface area (Å²) < 4.78 is 19.5. The first-order chi connectivity index (χ1) is 13.6. The number of hydrogen-bond acceptors (Lipinski definition) is 4. The summed E-state index contributed by atoms with van der Waals surface area (Å²) in [6, 6.07) is 14.3. The van der Waals surface area contributed by atoms with Gasteiger partial charge in [0.05, 0.1) is 0 Å². The number of aliphatic hydroxyl groups excluding tert-OH is 1. The smallest absolute Gasteiger partial charge is 0.224 e. The number of carbonyl (C=O) groups excluding carboxylic acids is 1. The van der Waals surface area contributed by atoms with E-state index in [1.54, 1.807) is 6.07 Å². The topological polar surface area (TPSA) is 53.0 Å². The van der Waals surface area contributed by atoms with E-state index in [2.05, 4.69) is 0 Å². The lowest BCUT2D eigenvalue weighted by molar-refractivity contribution is -0.132. The molecule has 0 aromatic heterocycles. The van der Waals surface area contributed by atoms with Gasteiger partial charge in [0.15, 0.2) is 0 Å². The zero-order valence-electron chi connectivity index (χ0n) is 15.8. The first-order valence-corrected chi connectivity index (χ1v) is 9.79. The molecule has 0 saturated heterocycles. The number of benzene rings is 2. The van der Waals surface area contributed by atoms with Gasteiger partial charge in [-0.3, -0.25) is 4.79 Å². The molecular weight excluding hydrogens is 359 g/mol. The molecule has 6 heteroatoms. The van der Waals surface area contributed by atoms with Crippen LogP contribution in [-0.2, 0) is 11.3 Å². The van der Waals surface area contributed by atoms with Gasteiger partial charge in [0.25, 0.3) is 0 Å². The van der Waals surface area contributed by atoms with Crippen LogP contribution in [0.1, 0.15) is 24.8 Å². The fraction of sp³-hybridized carbons (Fsp3) is 0.409. The zero-order chi connectivity index (χ0) is 19.5. The molecule has 0 bridgehead atoms.